The summed E-state index contributed by atoms with van der Waals surface area (Å²) in [6.07, 6.45) is 4.71. The molecule has 4 nitrogen and oxygen atoms in total. The molecule has 1 unspecified atom stereocenters. The fourth-order valence-corrected chi connectivity index (χ4v) is 2.34. The molecule has 0 amide bonds. The predicted octanol–water partition coefficient (Wildman–Crippen LogP) is 2.05. The highest BCUT2D eigenvalue weighted by Gasteiger charge is 2.36. The molecular weight excluding hydrogens is 180 g/mol. The molecule has 1 N–H and O–H groups in total. The fraction of sp³-hybridized carbons (Fsp3) is 0.800. The van der Waals surface area contributed by atoms with Crippen molar-refractivity contribution in [2.45, 2.75) is 45.4 Å². The van der Waals surface area contributed by atoms with Crippen molar-refractivity contribution >= 4 is 0 Å². The van der Waals surface area contributed by atoms with E-state index in [1.165, 1.54) is 19.3 Å². The van der Waals surface area contributed by atoms with Gasteiger partial charge in [-0.1, -0.05) is 26.7 Å². The highest BCUT2D eigenvalue weighted by atomic mass is 16.4. The van der Waals surface area contributed by atoms with E-state index in [-0.39, 0.29) is 11.3 Å². The fourth-order valence-electron chi connectivity index (χ4n) is 2.34. The van der Waals surface area contributed by atoms with Crippen molar-refractivity contribution in [2.75, 3.05) is 0 Å². The lowest BCUT2D eigenvalue weighted by atomic mass is 9.69. The number of nitrogens with one attached hydrogen (secondary N) is 1. The van der Waals surface area contributed by atoms with Gasteiger partial charge < -0.3 is 4.42 Å². The maximum Gasteiger partial charge on any atom is 0.434 e. The van der Waals surface area contributed by atoms with Crippen LogP contribution in [0.1, 0.15) is 51.3 Å². The zero-order valence-electron chi connectivity index (χ0n) is 8.67. The van der Waals surface area contributed by atoms with E-state index in [1.54, 1.807) is 0 Å². The maximum absolute atomic E-state index is 10.9. The van der Waals surface area contributed by atoms with Gasteiger partial charge in [0.05, 0.1) is 0 Å². The Bertz CT molecular complexity index is 364. The van der Waals surface area contributed by atoms with E-state index in [1.807, 2.05) is 0 Å². The first-order chi connectivity index (χ1) is 6.59. The maximum atomic E-state index is 10.9. The van der Waals surface area contributed by atoms with Gasteiger partial charge in [-0.3, -0.25) is 0 Å². The van der Waals surface area contributed by atoms with Crippen LogP contribution in [-0.2, 0) is 0 Å². The van der Waals surface area contributed by atoms with E-state index >= 15 is 0 Å². The molecule has 2 rings (SSSR count). The molecule has 1 aromatic heterocycles. The highest BCUT2D eigenvalue weighted by molar-refractivity contribution is 4.99. The van der Waals surface area contributed by atoms with Crippen LogP contribution in [0, 0.1) is 5.41 Å². The largest absolute Gasteiger partial charge is 0.434 e. The molecule has 0 aromatic carbocycles. The van der Waals surface area contributed by atoms with Crippen molar-refractivity contribution in [1.29, 1.82) is 0 Å². The third-order valence-electron chi connectivity index (χ3n) is 3.26. The van der Waals surface area contributed by atoms with Crippen LogP contribution in [0.4, 0.5) is 0 Å². The first-order valence-corrected chi connectivity index (χ1v) is 5.15. The molecule has 1 heterocycles. The molecule has 1 aromatic rings. The van der Waals surface area contributed by atoms with E-state index in [0.29, 0.717) is 5.89 Å². The third-order valence-corrected chi connectivity index (χ3v) is 3.26. The monoisotopic (exact) mass is 196 g/mol. The summed E-state index contributed by atoms with van der Waals surface area (Å²) in [6, 6.07) is 0. The molecule has 78 valence electrons. The van der Waals surface area contributed by atoms with Crippen molar-refractivity contribution in [3.63, 3.8) is 0 Å². The minimum atomic E-state index is -0.443. The number of hydrogen-bond donors (Lipinski definition) is 1. The van der Waals surface area contributed by atoms with Gasteiger partial charge in [-0.2, -0.15) is 0 Å². The molecule has 1 aliphatic carbocycles. The smallest absolute Gasteiger partial charge is 0.392 e. The molecule has 0 saturated heterocycles. The number of hydrogen-bond acceptors (Lipinski definition) is 3. The second-order valence-electron chi connectivity index (χ2n) is 4.74. The molecule has 1 saturated carbocycles. The summed E-state index contributed by atoms with van der Waals surface area (Å²) in [7, 11) is 0. The summed E-state index contributed by atoms with van der Waals surface area (Å²) in [5.41, 5.74) is 0.198. The first kappa shape index (κ1) is 9.49. The Morgan fingerprint density at radius 1 is 1.50 bits per heavy atom. The Balaban J connectivity index is 2.28. The lowest BCUT2D eigenvalue weighted by Crippen LogP contribution is -2.26. The van der Waals surface area contributed by atoms with Gasteiger partial charge >= 0.3 is 5.76 Å². The topological polar surface area (TPSA) is 58.9 Å². The molecule has 0 bridgehead atoms. The normalized spacial score (nSPS) is 26.3. The van der Waals surface area contributed by atoms with Gasteiger partial charge in [0.2, 0.25) is 5.89 Å². The summed E-state index contributed by atoms with van der Waals surface area (Å²) < 4.78 is 5.04. The van der Waals surface area contributed by atoms with E-state index in [9.17, 15) is 4.79 Å². The lowest BCUT2D eigenvalue weighted by Gasteiger charge is -2.36. The van der Waals surface area contributed by atoms with Gasteiger partial charge in [0.1, 0.15) is 0 Å². The van der Waals surface area contributed by atoms with E-state index in [4.69, 9.17) is 4.42 Å². The molecular formula is C10H16N2O2. The molecule has 1 fully saturated rings. The number of aromatic nitrogens is 2. The van der Waals surface area contributed by atoms with E-state index < -0.39 is 5.76 Å². The van der Waals surface area contributed by atoms with E-state index in [0.717, 1.165) is 6.42 Å². The Morgan fingerprint density at radius 2 is 2.29 bits per heavy atom. The quantitative estimate of drug-likeness (QED) is 0.747. The zero-order valence-corrected chi connectivity index (χ0v) is 8.67. The van der Waals surface area contributed by atoms with Crippen LogP contribution in [0.3, 0.4) is 0 Å². The van der Waals surface area contributed by atoms with Gasteiger partial charge in [0.25, 0.3) is 0 Å². The number of rotatable bonds is 1. The van der Waals surface area contributed by atoms with Crippen molar-refractivity contribution in [3.05, 3.63) is 16.4 Å². The second-order valence-corrected chi connectivity index (χ2v) is 4.74. The van der Waals surface area contributed by atoms with Crippen LogP contribution in [-0.4, -0.2) is 10.2 Å². The van der Waals surface area contributed by atoms with Crippen LogP contribution in [0.25, 0.3) is 0 Å². The molecule has 1 aliphatic rings. The minimum Gasteiger partial charge on any atom is -0.392 e. The second kappa shape index (κ2) is 3.26. The van der Waals surface area contributed by atoms with Crippen molar-refractivity contribution < 1.29 is 4.42 Å². The SMILES string of the molecule is CC1(C)CCCCC1c1n[nH]c(=O)o1. The van der Waals surface area contributed by atoms with Gasteiger partial charge in [-0.25, -0.2) is 9.89 Å². The van der Waals surface area contributed by atoms with Gasteiger partial charge in [0, 0.05) is 5.92 Å². The van der Waals surface area contributed by atoms with Gasteiger partial charge in [-0.15, -0.1) is 5.10 Å². The number of H-pyrrole nitrogens is 1. The molecule has 14 heavy (non-hydrogen) atoms. The number of nitrogens with zero attached hydrogens (tertiary/aromatic N) is 1. The minimum absolute atomic E-state index is 0.198. The Labute approximate surface area is 82.7 Å². The molecule has 0 spiro atoms. The first-order valence-electron chi connectivity index (χ1n) is 5.15. The third kappa shape index (κ3) is 1.61. The Hall–Kier alpha value is -1.06. The summed E-state index contributed by atoms with van der Waals surface area (Å²) in [5, 5.41) is 6.26. The van der Waals surface area contributed by atoms with Gasteiger partial charge in [-0.05, 0) is 18.3 Å². The molecule has 0 radical (unpaired) electrons. The van der Waals surface area contributed by atoms with Gasteiger partial charge in [0.15, 0.2) is 0 Å². The van der Waals surface area contributed by atoms with Crippen LogP contribution in [0.15, 0.2) is 9.21 Å². The molecule has 1 atom stereocenters. The van der Waals surface area contributed by atoms with Crippen LogP contribution < -0.4 is 5.76 Å². The summed E-state index contributed by atoms with van der Waals surface area (Å²) >= 11 is 0. The zero-order chi connectivity index (χ0) is 10.2. The number of aromatic amines is 1. The average molecular weight is 196 g/mol. The molecule has 0 aliphatic heterocycles. The van der Waals surface area contributed by atoms with Crippen LogP contribution in [0.2, 0.25) is 0 Å². The van der Waals surface area contributed by atoms with Crippen molar-refractivity contribution in [3.8, 4) is 0 Å². The lowest BCUT2D eigenvalue weighted by molar-refractivity contribution is 0.171. The summed E-state index contributed by atoms with van der Waals surface area (Å²) in [6.45, 7) is 4.43. The highest BCUT2D eigenvalue weighted by Crippen LogP contribution is 2.45. The van der Waals surface area contributed by atoms with Crippen LogP contribution in [0.5, 0.6) is 0 Å². The average Bonchev–Trinajstić information content (AvgIpc) is 2.51. The molecule has 4 heteroatoms. The summed E-state index contributed by atoms with van der Waals surface area (Å²) in [4.78, 5) is 10.9. The predicted molar refractivity (Wildman–Crippen MR) is 52.1 cm³/mol. The summed E-state index contributed by atoms with van der Waals surface area (Å²) in [5.74, 6) is 0.427. The van der Waals surface area contributed by atoms with E-state index in [2.05, 4.69) is 24.0 Å². The Kier molecular flexibility index (Phi) is 2.21. The van der Waals surface area contributed by atoms with Crippen LogP contribution >= 0.6 is 0 Å². The Morgan fingerprint density at radius 3 is 2.86 bits per heavy atom. The standard InChI is InChI=1S/C10H16N2O2/c1-10(2)6-4-3-5-7(10)8-11-12-9(13)14-8/h7H,3-6H2,1-2H3,(H,12,13). The van der Waals surface area contributed by atoms with Crippen molar-refractivity contribution in [1.82, 2.24) is 10.2 Å². The van der Waals surface area contributed by atoms with Crippen molar-refractivity contribution in [2.24, 2.45) is 5.41 Å².